The van der Waals surface area contributed by atoms with Crippen molar-refractivity contribution in [1.29, 1.82) is 0 Å². The van der Waals surface area contributed by atoms with Gasteiger partial charge in [-0.2, -0.15) is 0 Å². The zero-order chi connectivity index (χ0) is 19.7. The summed E-state index contributed by atoms with van der Waals surface area (Å²) in [7, 11) is 0. The molecule has 0 aliphatic carbocycles. The lowest BCUT2D eigenvalue weighted by Gasteiger charge is -2.11. The van der Waals surface area contributed by atoms with Gasteiger partial charge in [0.1, 0.15) is 5.58 Å². The number of hydrogen-bond donors (Lipinski definition) is 0. The Morgan fingerprint density at radius 1 is 1.25 bits per heavy atom. The second kappa shape index (κ2) is 7.66. The van der Waals surface area contributed by atoms with Crippen molar-refractivity contribution in [3.63, 3.8) is 0 Å². The van der Waals surface area contributed by atoms with E-state index in [4.69, 9.17) is 16.0 Å². The Kier molecular flexibility index (Phi) is 5.07. The SMILES string of the molecule is C=CCn1c(SCC(=O)c2cc3ccccc3o2)nc2ccc(Cl)cc2c1=O. The number of fused-ring (bicyclic) bond motifs is 2. The highest BCUT2D eigenvalue weighted by Gasteiger charge is 2.16. The van der Waals surface area contributed by atoms with Gasteiger partial charge in [-0.15, -0.1) is 6.58 Å². The Balaban J connectivity index is 1.65. The molecule has 0 amide bonds. The van der Waals surface area contributed by atoms with Gasteiger partial charge in [0, 0.05) is 17.0 Å². The molecular weight excluding hydrogens is 396 g/mol. The lowest BCUT2D eigenvalue weighted by molar-refractivity contribution is 0.0994. The summed E-state index contributed by atoms with van der Waals surface area (Å²) in [5.41, 5.74) is 0.986. The van der Waals surface area contributed by atoms with Gasteiger partial charge in [-0.1, -0.05) is 47.6 Å². The average Bonchev–Trinajstić information content (AvgIpc) is 3.13. The average molecular weight is 411 g/mol. The largest absolute Gasteiger partial charge is 0.453 e. The van der Waals surface area contributed by atoms with Gasteiger partial charge in [-0.25, -0.2) is 4.98 Å². The maximum absolute atomic E-state index is 12.8. The third-order valence-corrected chi connectivity index (χ3v) is 5.44. The first-order valence-corrected chi connectivity index (χ1v) is 9.89. The quantitative estimate of drug-likeness (QED) is 0.194. The molecule has 2 aromatic heterocycles. The minimum atomic E-state index is -0.217. The number of allylic oxidation sites excluding steroid dienone is 1. The molecule has 0 saturated carbocycles. The third kappa shape index (κ3) is 3.48. The van der Waals surface area contributed by atoms with Crippen LogP contribution >= 0.6 is 23.4 Å². The van der Waals surface area contributed by atoms with Crippen LogP contribution in [0.1, 0.15) is 10.6 Å². The van der Waals surface area contributed by atoms with Crippen LogP contribution < -0.4 is 5.56 Å². The second-order valence-electron chi connectivity index (χ2n) is 6.12. The molecule has 4 rings (SSSR count). The lowest BCUT2D eigenvalue weighted by Crippen LogP contribution is -2.23. The van der Waals surface area contributed by atoms with E-state index in [1.807, 2.05) is 24.3 Å². The number of thioether (sulfide) groups is 1. The van der Waals surface area contributed by atoms with E-state index >= 15 is 0 Å². The van der Waals surface area contributed by atoms with Crippen LogP contribution in [0.3, 0.4) is 0 Å². The fourth-order valence-electron chi connectivity index (χ4n) is 2.89. The maximum Gasteiger partial charge on any atom is 0.262 e. The number of nitrogens with zero attached hydrogens (tertiary/aromatic N) is 2. The number of hydrogen-bond acceptors (Lipinski definition) is 5. The Morgan fingerprint density at radius 3 is 2.86 bits per heavy atom. The van der Waals surface area contributed by atoms with Gasteiger partial charge in [0.2, 0.25) is 5.78 Å². The molecule has 0 aliphatic rings. The Bertz CT molecular complexity index is 1240. The van der Waals surface area contributed by atoms with Crippen molar-refractivity contribution in [3.8, 4) is 0 Å². The predicted molar refractivity (Wildman–Crippen MR) is 112 cm³/mol. The molecule has 0 radical (unpaired) electrons. The molecule has 0 atom stereocenters. The van der Waals surface area contributed by atoms with Crippen LogP contribution in [0.2, 0.25) is 5.02 Å². The topological polar surface area (TPSA) is 65.1 Å². The molecule has 2 aromatic carbocycles. The Labute approximate surface area is 169 Å². The van der Waals surface area contributed by atoms with Crippen molar-refractivity contribution in [3.05, 3.63) is 82.3 Å². The summed E-state index contributed by atoms with van der Waals surface area (Å²) in [6.07, 6.45) is 1.62. The first-order chi connectivity index (χ1) is 13.6. The molecule has 2 heterocycles. The minimum absolute atomic E-state index is 0.0997. The van der Waals surface area contributed by atoms with Crippen molar-refractivity contribution in [2.45, 2.75) is 11.7 Å². The fourth-order valence-corrected chi connectivity index (χ4v) is 3.94. The van der Waals surface area contributed by atoms with Crippen LogP contribution in [0.25, 0.3) is 21.9 Å². The van der Waals surface area contributed by atoms with Crippen LogP contribution in [0.4, 0.5) is 0 Å². The zero-order valence-electron chi connectivity index (χ0n) is 14.7. The summed E-state index contributed by atoms with van der Waals surface area (Å²) >= 11 is 7.20. The highest BCUT2D eigenvalue weighted by molar-refractivity contribution is 7.99. The summed E-state index contributed by atoms with van der Waals surface area (Å²) in [4.78, 5) is 29.9. The standard InChI is InChI=1S/C21H15ClN2O3S/c1-2-9-24-20(26)15-11-14(22)7-8-16(15)23-21(24)28-12-17(25)19-10-13-5-3-4-6-18(13)27-19/h2-8,10-11H,1,9,12H2. The molecule has 0 fully saturated rings. The molecule has 0 unspecified atom stereocenters. The van der Waals surface area contributed by atoms with Crippen molar-refractivity contribution in [1.82, 2.24) is 9.55 Å². The van der Waals surface area contributed by atoms with Crippen LogP contribution in [-0.2, 0) is 6.54 Å². The first kappa shape index (κ1) is 18.5. The Hall–Kier alpha value is -2.83. The van der Waals surface area contributed by atoms with Gasteiger partial charge in [0.25, 0.3) is 5.56 Å². The van der Waals surface area contributed by atoms with E-state index in [2.05, 4.69) is 11.6 Å². The van der Waals surface area contributed by atoms with Crippen LogP contribution in [0.15, 0.2) is 75.6 Å². The second-order valence-corrected chi connectivity index (χ2v) is 7.50. The summed E-state index contributed by atoms with van der Waals surface area (Å²) in [6.45, 7) is 3.99. The number of carbonyl (C=O) groups is 1. The molecule has 4 aromatic rings. The minimum Gasteiger partial charge on any atom is -0.453 e. The fraction of sp³-hybridized carbons (Fsp3) is 0.0952. The smallest absolute Gasteiger partial charge is 0.262 e. The highest BCUT2D eigenvalue weighted by atomic mass is 35.5. The van der Waals surface area contributed by atoms with Crippen LogP contribution in [-0.4, -0.2) is 21.1 Å². The van der Waals surface area contributed by atoms with Crippen molar-refractivity contribution >= 4 is 51.0 Å². The number of Topliss-reactive ketones (excluding diaryl/α,β-unsaturated/α-hetero) is 1. The molecular formula is C21H15ClN2O3S. The number of benzene rings is 2. The number of ketones is 1. The molecule has 0 N–H and O–H groups in total. The number of halogens is 1. The normalized spacial score (nSPS) is 11.2. The molecule has 0 spiro atoms. The van der Waals surface area contributed by atoms with E-state index in [1.165, 1.54) is 16.3 Å². The van der Waals surface area contributed by atoms with E-state index in [-0.39, 0.29) is 23.6 Å². The monoisotopic (exact) mass is 410 g/mol. The highest BCUT2D eigenvalue weighted by Crippen LogP contribution is 2.24. The van der Waals surface area contributed by atoms with Gasteiger partial charge >= 0.3 is 0 Å². The number of furan rings is 1. The molecule has 5 nitrogen and oxygen atoms in total. The number of aromatic nitrogens is 2. The van der Waals surface area contributed by atoms with Crippen molar-refractivity contribution in [2.75, 3.05) is 5.75 Å². The summed E-state index contributed by atoms with van der Waals surface area (Å²) in [6, 6.07) is 14.2. The van der Waals surface area contributed by atoms with E-state index in [0.717, 1.165) is 5.39 Å². The molecule has 140 valence electrons. The molecule has 0 saturated heterocycles. The van der Waals surface area contributed by atoms with Crippen LogP contribution in [0.5, 0.6) is 0 Å². The van der Waals surface area contributed by atoms with Gasteiger partial charge < -0.3 is 4.42 Å². The van der Waals surface area contributed by atoms with Crippen molar-refractivity contribution in [2.24, 2.45) is 0 Å². The summed E-state index contributed by atoms with van der Waals surface area (Å²) in [5, 5.41) is 2.23. The molecule has 0 aliphatic heterocycles. The molecule has 0 bridgehead atoms. The first-order valence-electron chi connectivity index (χ1n) is 8.52. The summed E-state index contributed by atoms with van der Waals surface area (Å²) < 4.78 is 7.11. The third-order valence-electron chi connectivity index (χ3n) is 4.23. The van der Waals surface area contributed by atoms with E-state index in [0.29, 0.717) is 32.4 Å². The van der Waals surface area contributed by atoms with Gasteiger partial charge in [-0.3, -0.25) is 14.2 Å². The molecule has 7 heteroatoms. The van der Waals surface area contributed by atoms with E-state index in [1.54, 1.807) is 30.3 Å². The lowest BCUT2D eigenvalue weighted by atomic mass is 10.2. The zero-order valence-corrected chi connectivity index (χ0v) is 16.3. The van der Waals surface area contributed by atoms with Crippen LogP contribution in [0, 0.1) is 0 Å². The van der Waals surface area contributed by atoms with Gasteiger partial charge in [-0.05, 0) is 30.3 Å². The Morgan fingerprint density at radius 2 is 2.07 bits per heavy atom. The van der Waals surface area contributed by atoms with Gasteiger partial charge in [0.15, 0.2) is 10.9 Å². The number of rotatable bonds is 6. The number of para-hydroxylation sites is 1. The number of carbonyl (C=O) groups excluding carboxylic acids is 1. The van der Waals surface area contributed by atoms with E-state index < -0.39 is 0 Å². The maximum atomic E-state index is 12.8. The van der Waals surface area contributed by atoms with E-state index in [9.17, 15) is 9.59 Å². The van der Waals surface area contributed by atoms with Crippen molar-refractivity contribution < 1.29 is 9.21 Å². The van der Waals surface area contributed by atoms with Gasteiger partial charge in [0.05, 0.1) is 16.7 Å². The predicted octanol–water partition coefficient (Wildman–Crippen LogP) is 4.96. The summed E-state index contributed by atoms with van der Waals surface area (Å²) in [5.74, 6) is 0.221. The molecule has 28 heavy (non-hydrogen) atoms.